The highest BCUT2D eigenvalue weighted by atomic mass is 19.4. The minimum absolute atomic E-state index is 0.108. The molecule has 2 atom stereocenters. The Bertz CT molecular complexity index is 609. The first kappa shape index (κ1) is 15.1. The molecule has 0 amide bonds. The van der Waals surface area contributed by atoms with Gasteiger partial charge in [-0.25, -0.2) is 4.39 Å². The van der Waals surface area contributed by atoms with Crippen LogP contribution in [0.4, 0.5) is 23.2 Å². The van der Waals surface area contributed by atoms with E-state index >= 15 is 0 Å². The Morgan fingerprint density at radius 2 is 2.05 bits per heavy atom. The van der Waals surface area contributed by atoms with Crippen molar-refractivity contribution in [3.63, 3.8) is 0 Å². The number of aliphatic carboxylic acids is 1. The molecule has 2 rings (SSSR count). The van der Waals surface area contributed by atoms with Crippen molar-refractivity contribution in [3.05, 3.63) is 29.6 Å². The van der Waals surface area contributed by atoms with Crippen LogP contribution in [0.1, 0.15) is 5.56 Å². The molecule has 1 aromatic rings. The number of nitriles is 1. The van der Waals surface area contributed by atoms with Crippen LogP contribution < -0.4 is 4.90 Å². The van der Waals surface area contributed by atoms with Crippen LogP contribution in [0.15, 0.2) is 18.2 Å². The first-order valence-corrected chi connectivity index (χ1v) is 5.98. The van der Waals surface area contributed by atoms with Crippen LogP contribution in [0.25, 0.3) is 0 Å². The molecule has 1 aliphatic rings. The highest BCUT2D eigenvalue weighted by Crippen LogP contribution is 2.40. The van der Waals surface area contributed by atoms with Crippen LogP contribution in [0, 0.1) is 29.0 Å². The van der Waals surface area contributed by atoms with Crippen LogP contribution in [-0.2, 0) is 4.79 Å². The summed E-state index contributed by atoms with van der Waals surface area (Å²) in [5, 5.41) is 17.9. The monoisotopic (exact) mass is 302 g/mol. The Balaban J connectivity index is 2.36. The van der Waals surface area contributed by atoms with Crippen LogP contribution >= 0.6 is 0 Å². The van der Waals surface area contributed by atoms with Crippen molar-refractivity contribution >= 4 is 11.7 Å². The lowest BCUT2D eigenvalue weighted by atomic mass is 9.96. The van der Waals surface area contributed by atoms with Crippen LogP contribution in [-0.4, -0.2) is 30.3 Å². The van der Waals surface area contributed by atoms with Crippen LogP contribution in [0.2, 0.25) is 0 Å². The van der Waals surface area contributed by atoms with E-state index in [0.717, 1.165) is 17.0 Å². The zero-order chi connectivity index (χ0) is 15.8. The third kappa shape index (κ3) is 2.91. The van der Waals surface area contributed by atoms with E-state index < -0.39 is 36.3 Å². The maximum absolute atomic E-state index is 13.0. The van der Waals surface area contributed by atoms with Gasteiger partial charge in [0.1, 0.15) is 11.9 Å². The molecule has 0 aromatic heterocycles. The Kier molecular flexibility index (Phi) is 3.77. The van der Waals surface area contributed by atoms with E-state index in [1.165, 1.54) is 6.07 Å². The summed E-state index contributed by atoms with van der Waals surface area (Å²) < 4.78 is 51.7. The van der Waals surface area contributed by atoms with E-state index in [0.29, 0.717) is 0 Å². The summed E-state index contributed by atoms with van der Waals surface area (Å²) in [4.78, 5) is 12.2. The van der Waals surface area contributed by atoms with Gasteiger partial charge in [0.05, 0.1) is 23.1 Å². The topological polar surface area (TPSA) is 64.3 Å². The maximum Gasteiger partial charge on any atom is 0.394 e. The zero-order valence-electron chi connectivity index (χ0n) is 10.6. The molecule has 4 nitrogen and oxygen atoms in total. The summed E-state index contributed by atoms with van der Waals surface area (Å²) >= 11 is 0. The Hall–Kier alpha value is -2.30. The van der Waals surface area contributed by atoms with Crippen molar-refractivity contribution in [2.75, 3.05) is 18.0 Å². The number of rotatable bonds is 2. The lowest BCUT2D eigenvalue weighted by Gasteiger charge is -2.20. The summed E-state index contributed by atoms with van der Waals surface area (Å²) in [6.07, 6.45) is -4.65. The highest BCUT2D eigenvalue weighted by Gasteiger charge is 2.52. The largest absolute Gasteiger partial charge is 0.481 e. The number of carbonyl (C=O) groups is 1. The molecule has 0 aliphatic carbocycles. The van der Waals surface area contributed by atoms with Crippen molar-refractivity contribution in [2.45, 2.75) is 6.18 Å². The van der Waals surface area contributed by atoms with Crippen molar-refractivity contribution in [3.8, 4) is 6.07 Å². The van der Waals surface area contributed by atoms with Crippen LogP contribution in [0.3, 0.4) is 0 Å². The van der Waals surface area contributed by atoms with E-state index in [1.54, 1.807) is 6.07 Å². The lowest BCUT2D eigenvalue weighted by molar-refractivity contribution is -0.187. The van der Waals surface area contributed by atoms with Gasteiger partial charge in [-0.2, -0.15) is 18.4 Å². The molecule has 0 radical (unpaired) electrons. The van der Waals surface area contributed by atoms with Gasteiger partial charge in [0, 0.05) is 13.1 Å². The molecule has 0 spiro atoms. The van der Waals surface area contributed by atoms with E-state index in [9.17, 15) is 22.4 Å². The Morgan fingerprint density at radius 1 is 1.38 bits per heavy atom. The fraction of sp³-hybridized carbons (Fsp3) is 0.385. The molecular weight excluding hydrogens is 292 g/mol. The quantitative estimate of drug-likeness (QED) is 0.852. The third-order valence-corrected chi connectivity index (χ3v) is 3.48. The number of carboxylic acids is 1. The second-order valence-corrected chi connectivity index (χ2v) is 4.77. The SMILES string of the molecule is N#Cc1cc(F)ccc1N1C[C@@H](C(F)(F)F)[C@H](C(=O)O)C1. The predicted octanol–water partition coefficient (Wildman–Crippen LogP) is 2.40. The maximum atomic E-state index is 13.0. The van der Waals surface area contributed by atoms with Gasteiger partial charge in [-0.1, -0.05) is 0 Å². The molecular formula is C13H10F4N2O2. The highest BCUT2D eigenvalue weighted by molar-refractivity contribution is 5.73. The van der Waals surface area contributed by atoms with E-state index in [2.05, 4.69) is 0 Å². The molecule has 0 bridgehead atoms. The van der Waals surface area contributed by atoms with Crippen LogP contribution in [0.5, 0.6) is 0 Å². The van der Waals surface area contributed by atoms with Gasteiger partial charge in [-0.15, -0.1) is 0 Å². The molecule has 1 N–H and O–H groups in total. The van der Waals surface area contributed by atoms with E-state index in [4.69, 9.17) is 10.4 Å². The number of carboxylic acid groups (broad SMARTS) is 1. The van der Waals surface area contributed by atoms with E-state index in [1.807, 2.05) is 0 Å². The number of benzene rings is 1. The summed E-state index contributed by atoms with van der Waals surface area (Å²) in [6, 6.07) is 4.82. The second kappa shape index (κ2) is 5.24. The predicted molar refractivity (Wildman–Crippen MR) is 64.0 cm³/mol. The molecule has 1 saturated heterocycles. The molecule has 0 saturated carbocycles. The normalized spacial score (nSPS) is 22.1. The summed E-state index contributed by atoms with van der Waals surface area (Å²) in [5.74, 6) is -5.86. The van der Waals surface area contributed by atoms with E-state index in [-0.39, 0.29) is 17.8 Å². The van der Waals surface area contributed by atoms with Gasteiger partial charge >= 0.3 is 12.1 Å². The molecule has 1 aromatic carbocycles. The lowest BCUT2D eigenvalue weighted by Crippen LogP contribution is -2.33. The molecule has 21 heavy (non-hydrogen) atoms. The third-order valence-electron chi connectivity index (χ3n) is 3.48. The van der Waals surface area contributed by atoms with Crippen molar-refractivity contribution in [2.24, 2.45) is 11.8 Å². The average Bonchev–Trinajstić information content (AvgIpc) is 2.83. The number of alkyl halides is 3. The van der Waals surface area contributed by atoms with Crippen molar-refractivity contribution in [1.29, 1.82) is 5.26 Å². The van der Waals surface area contributed by atoms with Crippen molar-refractivity contribution < 1.29 is 27.5 Å². The minimum Gasteiger partial charge on any atom is -0.481 e. The second-order valence-electron chi connectivity index (χ2n) is 4.77. The van der Waals surface area contributed by atoms with Gasteiger partial charge in [-0.05, 0) is 18.2 Å². The minimum atomic E-state index is -4.65. The number of halogens is 4. The zero-order valence-corrected chi connectivity index (χ0v) is 10.6. The average molecular weight is 302 g/mol. The first-order chi connectivity index (χ1) is 9.74. The summed E-state index contributed by atoms with van der Waals surface area (Å²) in [5.41, 5.74) is -0.0149. The number of hydrogen-bond acceptors (Lipinski definition) is 3. The molecule has 1 aliphatic heterocycles. The van der Waals surface area contributed by atoms with Gasteiger partial charge < -0.3 is 10.0 Å². The van der Waals surface area contributed by atoms with Gasteiger partial charge in [0.15, 0.2) is 0 Å². The summed E-state index contributed by atoms with van der Waals surface area (Å²) in [7, 11) is 0. The Labute approximate surface area is 117 Å². The van der Waals surface area contributed by atoms with Gasteiger partial charge in [-0.3, -0.25) is 4.79 Å². The molecule has 1 heterocycles. The molecule has 0 unspecified atom stereocenters. The smallest absolute Gasteiger partial charge is 0.394 e. The number of anilines is 1. The van der Waals surface area contributed by atoms with Crippen molar-refractivity contribution in [1.82, 2.24) is 0 Å². The molecule has 8 heteroatoms. The fourth-order valence-corrected chi connectivity index (χ4v) is 2.46. The Morgan fingerprint density at radius 3 is 2.52 bits per heavy atom. The summed E-state index contributed by atoms with van der Waals surface area (Å²) in [6.45, 7) is -0.944. The fourth-order valence-electron chi connectivity index (χ4n) is 2.46. The van der Waals surface area contributed by atoms with Gasteiger partial charge in [0.25, 0.3) is 0 Å². The first-order valence-electron chi connectivity index (χ1n) is 5.98. The molecule has 112 valence electrons. The standard InChI is InChI=1S/C13H10F4N2O2/c14-8-1-2-11(7(3-8)4-18)19-5-9(12(20)21)10(6-19)13(15,16)17/h1-3,9-10H,5-6H2,(H,20,21)/t9-,10-/m1/s1. The molecule has 1 fully saturated rings. The van der Waals surface area contributed by atoms with Gasteiger partial charge in [0.2, 0.25) is 0 Å². The number of nitrogens with zero attached hydrogens (tertiary/aromatic N) is 2. The number of hydrogen-bond donors (Lipinski definition) is 1.